The highest BCUT2D eigenvalue weighted by Crippen LogP contribution is 2.13. The zero-order chi connectivity index (χ0) is 17.2. The normalized spacial score (nSPS) is 21.8. The average molecular weight is 344 g/mol. The van der Waals surface area contributed by atoms with Crippen molar-refractivity contribution >= 4 is 15.9 Å². The maximum absolute atomic E-state index is 12.2. The standard InChI is InChI=1S/C14H24N4O4S/c1-10-7-11(2)18(15-10)6-4-5-14(20)17-8-12(13(19)9-17)16-23(3,21)22/h7,12-13,16,19H,4-6,8-9H2,1-3H3/t12-,13-/m1/s1. The third kappa shape index (κ3) is 5.02. The molecule has 2 N–H and O–H groups in total. The second-order valence-electron chi connectivity index (χ2n) is 6.12. The maximum Gasteiger partial charge on any atom is 0.222 e. The Hall–Kier alpha value is -1.45. The molecule has 1 aliphatic rings. The summed E-state index contributed by atoms with van der Waals surface area (Å²) in [5.41, 5.74) is 2.01. The van der Waals surface area contributed by atoms with Crippen molar-refractivity contribution in [3.8, 4) is 0 Å². The molecule has 2 heterocycles. The van der Waals surface area contributed by atoms with Crippen molar-refractivity contribution in [2.45, 2.75) is 45.4 Å². The Bertz CT molecular complexity index is 670. The van der Waals surface area contributed by atoms with E-state index < -0.39 is 22.2 Å². The summed E-state index contributed by atoms with van der Waals surface area (Å²) in [6, 6.07) is 1.35. The van der Waals surface area contributed by atoms with E-state index in [1.807, 2.05) is 24.6 Å². The molecule has 0 bridgehead atoms. The first-order chi connectivity index (χ1) is 10.7. The van der Waals surface area contributed by atoms with Gasteiger partial charge in [-0.1, -0.05) is 0 Å². The summed E-state index contributed by atoms with van der Waals surface area (Å²) in [5.74, 6) is -0.0802. The van der Waals surface area contributed by atoms with Crippen LogP contribution in [0, 0.1) is 13.8 Å². The Balaban J connectivity index is 1.81. The molecule has 1 fully saturated rings. The zero-order valence-electron chi connectivity index (χ0n) is 13.7. The van der Waals surface area contributed by atoms with Crippen LogP contribution >= 0.6 is 0 Å². The first-order valence-electron chi connectivity index (χ1n) is 7.60. The summed E-state index contributed by atoms with van der Waals surface area (Å²) in [6.45, 7) is 4.92. The van der Waals surface area contributed by atoms with Crippen LogP contribution in [0.2, 0.25) is 0 Å². The SMILES string of the molecule is Cc1cc(C)n(CCCC(=O)N2C[C@@H](O)[C@H](NS(C)(=O)=O)C2)n1. The molecule has 130 valence electrons. The predicted octanol–water partition coefficient (Wildman–Crippen LogP) is -0.599. The molecule has 0 spiro atoms. The van der Waals surface area contributed by atoms with Crippen LogP contribution in [0.5, 0.6) is 0 Å². The fourth-order valence-corrected chi connectivity index (χ4v) is 3.60. The summed E-state index contributed by atoms with van der Waals surface area (Å²) in [7, 11) is -3.40. The lowest BCUT2D eigenvalue weighted by atomic mass is 10.2. The molecule has 1 aromatic rings. The van der Waals surface area contributed by atoms with E-state index in [0.29, 0.717) is 19.4 Å². The third-order valence-electron chi connectivity index (χ3n) is 3.87. The number of carbonyl (C=O) groups is 1. The van der Waals surface area contributed by atoms with E-state index in [2.05, 4.69) is 9.82 Å². The summed E-state index contributed by atoms with van der Waals surface area (Å²) in [5, 5.41) is 14.2. The first-order valence-corrected chi connectivity index (χ1v) is 9.49. The predicted molar refractivity (Wildman–Crippen MR) is 85.3 cm³/mol. The molecule has 8 nitrogen and oxygen atoms in total. The molecule has 2 atom stereocenters. The minimum Gasteiger partial charge on any atom is -0.390 e. The Morgan fingerprint density at radius 2 is 2.13 bits per heavy atom. The van der Waals surface area contributed by atoms with Gasteiger partial charge >= 0.3 is 0 Å². The van der Waals surface area contributed by atoms with Gasteiger partial charge in [-0.05, 0) is 26.3 Å². The van der Waals surface area contributed by atoms with Crippen molar-refractivity contribution < 1.29 is 18.3 Å². The highest BCUT2D eigenvalue weighted by molar-refractivity contribution is 7.88. The highest BCUT2D eigenvalue weighted by Gasteiger charge is 2.35. The van der Waals surface area contributed by atoms with Crippen LogP contribution in [0.1, 0.15) is 24.2 Å². The van der Waals surface area contributed by atoms with Gasteiger partial charge < -0.3 is 10.0 Å². The lowest BCUT2D eigenvalue weighted by Crippen LogP contribution is -2.42. The van der Waals surface area contributed by atoms with Crippen LogP contribution < -0.4 is 4.72 Å². The molecular weight excluding hydrogens is 320 g/mol. The van der Waals surface area contributed by atoms with Crippen LogP contribution in [-0.2, 0) is 21.4 Å². The third-order valence-corrected chi connectivity index (χ3v) is 4.60. The van der Waals surface area contributed by atoms with Gasteiger partial charge in [-0.15, -0.1) is 0 Å². The molecule has 1 aromatic heterocycles. The lowest BCUT2D eigenvalue weighted by molar-refractivity contribution is -0.130. The molecule has 0 aromatic carbocycles. The molecule has 9 heteroatoms. The van der Waals surface area contributed by atoms with E-state index in [-0.39, 0.29) is 19.0 Å². The molecular formula is C14H24N4O4S. The van der Waals surface area contributed by atoms with Crippen LogP contribution in [0.4, 0.5) is 0 Å². The fraction of sp³-hybridized carbons (Fsp3) is 0.714. The van der Waals surface area contributed by atoms with E-state index >= 15 is 0 Å². The summed E-state index contributed by atoms with van der Waals surface area (Å²) < 4.78 is 26.7. The monoisotopic (exact) mass is 344 g/mol. The number of aliphatic hydroxyl groups excluding tert-OH is 1. The molecule has 1 saturated heterocycles. The Morgan fingerprint density at radius 1 is 1.43 bits per heavy atom. The van der Waals surface area contributed by atoms with E-state index in [9.17, 15) is 18.3 Å². The van der Waals surface area contributed by atoms with Gasteiger partial charge in [0.1, 0.15) is 0 Å². The summed E-state index contributed by atoms with van der Waals surface area (Å²) in [4.78, 5) is 13.7. The van der Waals surface area contributed by atoms with Crippen LogP contribution in [-0.4, -0.2) is 65.6 Å². The number of hydrogen-bond donors (Lipinski definition) is 2. The van der Waals surface area contributed by atoms with Crippen molar-refractivity contribution in [1.29, 1.82) is 0 Å². The number of aliphatic hydroxyl groups is 1. The number of nitrogens with one attached hydrogen (secondary N) is 1. The van der Waals surface area contributed by atoms with E-state index in [1.165, 1.54) is 4.90 Å². The molecule has 0 aliphatic carbocycles. The molecule has 0 radical (unpaired) electrons. The van der Waals surface area contributed by atoms with Crippen molar-refractivity contribution in [2.24, 2.45) is 0 Å². The van der Waals surface area contributed by atoms with Crippen molar-refractivity contribution in [3.63, 3.8) is 0 Å². The number of carbonyl (C=O) groups excluding carboxylic acids is 1. The van der Waals surface area contributed by atoms with Gasteiger partial charge in [0.25, 0.3) is 0 Å². The van der Waals surface area contributed by atoms with Gasteiger partial charge in [-0.3, -0.25) is 9.48 Å². The maximum atomic E-state index is 12.2. The van der Waals surface area contributed by atoms with Crippen LogP contribution in [0.3, 0.4) is 0 Å². The molecule has 1 aliphatic heterocycles. The summed E-state index contributed by atoms with van der Waals surface area (Å²) in [6.07, 6.45) is 1.16. The molecule has 1 amide bonds. The quantitative estimate of drug-likeness (QED) is 0.717. The lowest BCUT2D eigenvalue weighted by Gasteiger charge is -2.16. The van der Waals surface area contributed by atoms with Crippen LogP contribution in [0.15, 0.2) is 6.07 Å². The molecule has 23 heavy (non-hydrogen) atoms. The van der Waals surface area contributed by atoms with E-state index in [1.54, 1.807) is 0 Å². The van der Waals surface area contributed by atoms with Gasteiger partial charge in [0.05, 0.1) is 24.1 Å². The smallest absolute Gasteiger partial charge is 0.222 e. The number of β-amino-alcohol motifs (C(OH)–C–C–N with tert-alkyl or cyclic N) is 1. The van der Waals surface area contributed by atoms with Crippen molar-refractivity contribution in [2.75, 3.05) is 19.3 Å². The Kier molecular flexibility index (Phi) is 5.43. The minimum atomic E-state index is -3.40. The second-order valence-corrected chi connectivity index (χ2v) is 7.90. The van der Waals surface area contributed by atoms with E-state index in [0.717, 1.165) is 17.6 Å². The number of hydrogen-bond acceptors (Lipinski definition) is 5. The number of amides is 1. The van der Waals surface area contributed by atoms with Crippen molar-refractivity contribution in [1.82, 2.24) is 19.4 Å². The highest BCUT2D eigenvalue weighted by atomic mass is 32.2. The Labute approximate surface area is 136 Å². The van der Waals surface area contributed by atoms with Gasteiger partial charge in [0, 0.05) is 31.7 Å². The van der Waals surface area contributed by atoms with Crippen molar-refractivity contribution in [3.05, 3.63) is 17.5 Å². The summed E-state index contributed by atoms with van der Waals surface area (Å²) >= 11 is 0. The molecule has 0 saturated carbocycles. The van der Waals surface area contributed by atoms with Gasteiger partial charge in [0.15, 0.2) is 0 Å². The average Bonchev–Trinajstić information content (AvgIpc) is 2.91. The molecule has 2 rings (SSSR count). The minimum absolute atomic E-state index is 0.0802. The zero-order valence-corrected chi connectivity index (χ0v) is 14.5. The van der Waals surface area contributed by atoms with Crippen LogP contribution in [0.25, 0.3) is 0 Å². The van der Waals surface area contributed by atoms with E-state index in [4.69, 9.17) is 0 Å². The number of aryl methyl sites for hydroxylation is 3. The Morgan fingerprint density at radius 3 is 2.70 bits per heavy atom. The number of nitrogens with zero attached hydrogens (tertiary/aromatic N) is 3. The number of sulfonamides is 1. The van der Waals surface area contributed by atoms with Gasteiger partial charge in [-0.25, -0.2) is 13.1 Å². The number of likely N-dealkylation sites (tertiary alicyclic amines) is 1. The van der Waals surface area contributed by atoms with Gasteiger partial charge in [0.2, 0.25) is 15.9 Å². The van der Waals surface area contributed by atoms with Gasteiger partial charge in [-0.2, -0.15) is 5.10 Å². The largest absolute Gasteiger partial charge is 0.390 e. The number of aromatic nitrogens is 2. The fourth-order valence-electron chi connectivity index (χ4n) is 2.82. The first kappa shape index (κ1) is 17.9. The topological polar surface area (TPSA) is 105 Å². The second kappa shape index (κ2) is 6.98. The number of rotatable bonds is 6. The molecule has 0 unspecified atom stereocenters.